The van der Waals surface area contributed by atoms with Gasteiger partial charge in [-0.3, -0.25) is 0 Å². The van der Waals surface area contributed by atoms with Gasteiger partial charge in [0.2, 0.25) is 0 Å². The highest BCUT2D eigenvalue weighted by Crippen LogP contribution is 2.44. The minimum absolute atomic E-state index is 0.968. The van der Waals surface area contributed by atoms with Crippen molar-refractivity contribution in [3.8, 4) is 27.9 Å². The molecule has 1 heteroatoms. The maximum atomic E-state index is 2.40. The second kappa shape index (κ2) is 8.18. The van der Waals surface area contributed by atoms with Crippen LogP contribution in [0.2, 0.25) is 0 Å². The second-order valence-corrected chi connectivity index (χ2v) is 11.0. The van der Waals surface area contributed by atoms with Gasteiger partial charge in [-0.2, -0.15) is 0 Å². The van der Waals surface area contributed by atoms with E-state index in [0.717, 1.165) is 6.42 Å². The molecule has 7 aromatic carbocycles. The molecule has 0 saturated heterocycles. The highest BCUT2D eigenvalue weighted by Gasteiger charge is 2.21. The molecule has 0 spiro atoms. The molecule has 8 aromatic rings. The minimum Gasteiger partial charge on any atom is -0.309 e. The lowest BCUT2D eigenvalue weighted by molar-refractivity contribution is 1.18. The Hall–Kier alpha value is -5.14. The van der Waals surface area contributed by atoms with Crippen molar-refractivity contribution in [3.05, 3.63) is 151 Å². The molecule has 0 unspecified atom stereocenters. The smallest absolute Gasteiger partial charge is 0.0547 e. The van der Waals surface area contributed by atoms with Gasteiger partial charge in [0.05, 0.1) is 11.0 Å². The number of hydrogen-bond donors (Lipinski definition) is 0. The summed E-state index contributed by atoms with van der Waals surface area (Å²) in [6.07, 6.45) is 0.968. The third-order valence-corrected chi connectivity index (χ3v) is 8.77. The Morgan fingerprint density at radius 3 is 2.08 bits per heavy atom. The third-order valence-electron chi connectivity index (χ3n) is 8.77. The quantitative estimate of drug-likeness (QED) is 0.219. The van der Waals surface area contributed by atoms with E-state index in [4.69, 9.17) is 0 Å². The van der Waals surface area contributed by atoms with Crippen molar-refractivity contribution in [2.45, 2.75) is 6.42 Å². The number of hydrogen-bond acceptors (Lipinski definition) is 0. The van der Waals surface area contributed by atoms with E-state index < -0.39 is 0 Å². The van der Waals surface area contributed by atoms with Crippen LogP contribution in [0.3, 0.4) is 0 Å². The standard InChI is InChI=1S/C39H25N/c1-2-11-30(12-3-1)40-37-16-7-6-13-32(37)33-20-17-27(24-38(33)40)31-19-18-28-22-29-21-25-9-4-5-10-26(25)23-36(29)35-15-8-14-34(31)39(28)35/h1-21,23-24H,22H2. The number of nitrogens with zero attached hydrogens (tertiary/aromatic N) is 1. The Balaban J connectivity index is 1.30. The van der Waals surface area contributed by atoms with E-state index in [9.17, 15) is 0 Å². The maximum Gasteiger partial charge on any atom is 0.0547 e. The van der Waals surface area contributed by atoms with Crippen molar-refractivity contribution in [3.63, 3.8) is 0 Å². The van der Waals surface area contributed by atoms with E-state index >= 15 is 0 Å². The summed E-state index contributed by atoms with van der Waals surface area (Å²) in [4.78, 5) is 0. The predicted molar refractivity (Wildman–Crippen MR) is 169 cm³/mol. The predicted octanol–water partition coefficient (Wildman–Crippen LogP) is 10.3. The molecule has 9 rings (SSSR count). The number of benzene rings is 7. The first-order chi connectivity index (χ1) is 19.8. The molecule has 1 aliphatic carbocycles. The molecule has 186 valence electrons. The zero-order valence-electron chi connectivity index (χ0n) is 21.9. The summed E-state index contributed by atoms with van der Waals surface area (Å²) in [5, 5.41) is 7.91. The topological polar surface area (TPSA) is 4.93 Å². The van der Waals surface area contributed by atoms with Gasteiger partial charge < -0.3 is 4.57 Å². The van der Waals surface area contributed by atoms with Gasteiger partial charge in [0.15, 0.2) is 0 Å². The molecule has 0 fully saturated rings. The molecule has 0 amide bonds. The summed E-state index contributed by atoms with van der Waals surface area (Å²) >= 11 is 0. The van der Waals surface area contributed by atoms with Crippen molar-refractivity contribution in [1.82, 2.24) is 4.57 Å². The molecule has 1 aliphatic rings. The van der Waals surface area contributed by atoms with Crippen LogP contribution >= 0.6 is 0 Å². The number of para-hydroxylation sites is 2. The van der Waals surface area contributed by atoms with Crippen LogP contribution in [0.25, 0.3) is 71.3 Å². The highest BCUT2D eigenvalue weighted by molar-refractivity contribution is 6.13. The number of aromatic nitrogens is 1. The molecule has 0 saturated carbocycles. The fourth-order valence-corrected chi connectivity index (χ4v) is 6.99. The monoisotopic (exact) mass is 507 g/mol. The minimum atomic E-state index is 0.968. The second-order valence-electron chi connectivity index (χ2n) is 11.0. The normalized spacial score (nSPS) is 12.4. The van der Waals surface area contributed by atoms with Crippen molar-refractivity contribution >= 4 is 43.4 Å². The van der Waals surface area contributed by atoms with Gasteiger partial charge in [-0.05, 0) is 91.7 Å². The van der Waals surface area contributed by atoms with Crippen LogP contribution in [0.15, 0.2) is 140 Å². The molecular weight excluding hydrogens is 482 g/mol. The maximum absolute atomic E-state index is 2.40. The van der Waals surface area contributed by atoms with Crippen LogP contribution in [0.1, 0.15) is 11.1 Å². The average molecular weight is 508 g/mol. The van der Waals surface area contributed by atoms with Crippen LogP contribution in [0.5, 0.6) is 0 Å². The molecule has 0 aliphatic heterocycles. The largest absolute Gasteiger partial charge is 0.309 e. The first kappa shape index (κ1) is 21.8. The fourth-order valence-electron chi connectivity index (χ4n) is 6.99. The Labute approximate surface area is 232 Å². The van der Waals surface area contributed by atoms with E-state index in [0.29, 0.717) is 0 Å². The number of rotatable bonds is 2. The Morgan fingerprint density at radius 2 is 1.18 bits per heavy atom. The molecule has 40 heavy (non-hydrogen) atoms. The molecule has 0 N–H and O–H groups in total. The average Bonchev–Trinajstić information content (AvgIpc) is 3.34. The molecule has 1 nitrogen and oxygen atoms in total. The van der Waals surface area contributed by atoms with E-state index in [-0.39, 0.29) is 0 Å². The third kappa shape index (κ3) is 3.03. The molecule has 1 heterocycles. The Bertz CT molecular complexity index is 2290. The van der Waals surface area contributed by atoms with Crippen LogP contribution in [0.4, 0.5) is 0 Å². The van der Waals surface area contributed by atoms with Crippen molar-refractivity contribution in [2.24, 2.45) is 0 Å². The first-order valence-electron chi connectivity index (χ1n) is 14.0. The fraction of sp³-hybridized carbons (Fsp3) is 0.0256. The van der Waals surface area contributed by atoms with Crippen LogP contribution in [-0.4, -0.2) is 4.57 Å². The number of fused-ring (bicyclic) bond motifs is 6. The summed E-state index contributed by atoms with van der Waals surface area (Å²) in [5.41, 5.74) is 11.7. The van der Waals surface area contributed by atoms with Gasteiger partial charge in [0, 0.05) is 16.5 Å². The van der Waals surface area contributed by atoms with Gasteiger partial charge >= 0.3 is 0 Å². The highest BCUT2D eigenvalue weighted by atomic mass is 15.0. The zero-order valence-corrected chi connectivity index (χ0v) is 21.9. The van der Waals surface area contributed by atoms with E-state index in [1.54, 1.807) is 0 Å². The molecule has 0 atom stereocenters. The summed E-state index contributed by atoms with van der Waals surface area (Å²) in [6.45, 7) is 0. The Kier molecular flexibility index (Phi) is 4.45. The van der Waals surface area contributed by atoms with E-state index in [1.807, 2.05) is 0 Å². The molecule has 1 aromatic heterocycles. The lowest BCUT2D eigenvalue weighted by Gasteiger charge is -2.23. The first-order valence-corrected chi connectivity index (χ1v) is 14.0. The van der Waals surface area contributed by atoms with Gasteiger partial charge in [0.1, 0.15) is 0 Å². The molecular formula is C39H25N. The Morgan fingerprint density at radius 1 is 0.425 bits per heavy atom. The van der Waals surface area contributed by atoms with Gasteiger partial charge in [-0.25, -0.2) is 0 Å². The lowest BCUT2D eigenvalue weighted by atomic mass is 9.81. The summed E-state index contributed by atoms with van der Waals surface area (Å²) < 4.78 is 2.40. The van der Waals surface area contributed by atoms with Crippen molar-refractivity contribution in [2.75, 3.05) is 0 Å². The van der Waals surface area contributed by atoms with Crippen LogP contribution < -0.4 is 0 Å². The van der Waals surface area contributed by atoms with E-state index in [2.05, 4.69) is 144 Å². The van der Waals surface area contributed by atoms with Crippen LogP contribution in [0, 0.1) is 0 Å². The summed E-state index contributed by atoms with van der Waals surface area (Å²) in [5.74, 6) is 0. The van der Waals surface area contributed by atoms with Crippen molar-refractivity contribution in [1.29, 1.82) is 0 Å². The van der Waals surface area contributed by atoms with Crippen molar-refractivity contribution < 1.29 is 0 Å². The van der Waals surface area contributed by atoms with Crippen LogP contribution in [-0.2, 0) is 6.42 Å². The lowest BCUT2D eigenvalue weighted by Crippen LogP contribution is -2.02. The van der Waals surface area contributed by atoms with Gasteiger partial charge in [-0.1, -0.05) is 109 Å². The van der Waals surface area contributed by atoms with E-state index in [1.165, 1.54) is 82.4 Å². The van der Waals surface area contributed by atoms with Gasteiger partial charge in [0.25, 0.3) is 0 Å². The SMILES string of the molecule is c1ccc(-n2c3ccccc3c3ccc(-c4ccc5c6c(cccc46)-c4cc6ccccc6cc4C5)cc32)cc1. The van der Waals surface area contributed by atoms with Gasteiger partial charge in [-0.15, -0.1) is 0 Å². The molecule has 0 bridgehead atoms. The summed E-state index contributed by atoms with van der Waals surface area (Å²) in [7, 11) is 0. The zero-order chi connectivity index (χ0) is 26.2. The molecule has 0 radical (unpaired) electrons. The summed E-state index contributed by atoms with van der Waals surface area (Å²) in [6, 6.07) is 51.5.